The molecule has 2 rings (SSSR count). The number of anilines is 2. The second-order valence-electron chi connectivity index (χ2n) is 4.33. The van der Waals surface area contributed by atoms with Crippen LogP contribution in [0.1, 0.15) is 19.8 Å². The van der Waals surface area contributed by atoms with Crippen molar-refractivity contribution >= 4 is 11.6 Å². The van der Waals surface area contributed by atoms with Gasteiger partial charge in [-0.25, -0.2) is 9.97 Å². The van der Waals surface area contributed by atoms with E-state index in [1.54, 1.807) is 13.4 Å². The predicted octanol–water partition coefficient (Wildman–Crippen LogP) is 0.878. The van der Waals surface area contributed by atoms with Crippen molar-refractivity contribution in [3.8, 4) is 5.75 Å². The first-order chi connectivity index (χ1) is 8.76. The highest BCUT2D eigenvalue weighted by molar-refractivity contribution is 5.64. The maximum Gasteiger partial charge on any atom is 0.204 e. The molecule has 6 heteroatoms. The van der Waals surface area contributed by atoms with Crippen molar-refractivity contribution in [3.05, 3.63) is 6.33 Å². The Kier molecular flexibility index (Phi) is 4.19. The summed E-state index contributed by atoms with van der Waals surface area (Å²) in [6.07, 6.45) is 2.89. The molecule has 0 bridgehead atoms. The average molecular weight is 252 g/mol. The third-order valence-electron chi connectivity index (χ3n) is 3.10. The number of methoxy groups -OCH3 is 1. The zero-order valence-electron chi connectivity index (χ0n) is 10.9. The molecular weight excluding hydrogens is 232 g/mol. The Hall–Kier alpha value is -1.56. The van der Waals surface area contributed by atoms with E-state index < -0.39 is 0 Å². The Morgan fingerprint density at radius 3 is 2.78 bits per heavy atom. The summed E-state index contributed by atoms with van der Waals surface area (Å²) in [6, 6.07) is 0. The van der Waals surface area contributed by atoms with Gasteiger partial charge in [0.2, 0.25) is 5.75 Å². The van der Waals surface area contributed by atoms with E-state index in [1.807, 2.05) is 6.92 Å². The van der Waals surface area contributed by atoms with E-state index in [-0.39, 0.29) is 6.10 Å². The molecule has 6 nitrogen and oxygen atoms in total. The molecule has 0 aromatic carbocycles. The molecule has 0 radical (unpaired) electrons. The molecule has 0 unspecified atom stereocenters. The van der Waals surface area contributed by atoms with Crippen molar-refractivity contribution in [1.82, 2.24) is 9.97 Å². The van der Waals surface area contributed by atoms with Crippen molar-refractivity contribution in [2.45, 2.75) is 25.9 Å². The number of aliphatic hydroxyl groups excluding tert-OH is 1. The van der Waals surface area contributed by atoms with Crippen LogP contribution in [-0.2, 0) is 0 Å². The van der Waals surface area contributed by atoms with Crippen molar-refractivity contribution in [1.29, 1.82) is 0 Å². The number of rotatable bonds is 4. The first kappa shape index (κ1) is 12.9. The smallest absolute Gasteiger partial charge is 0.204 e. The summed E-state index contributed by atoms with van der Waals surface area (Å²) in [7, 11) is 1.63. The first-order valence-electron chi connectivity index (χ1n) is 6.32. The molecular formula is C12H20N4O2. The molecule has 1 fully saturated rings. The molecule has 18 heavy (non-hydrogen) atoms. The number of nitrogens with zero attached hydrogens (tertiary/aromatic N) is 3. The van der Waals surface area contributed by atoms with Crippen molar-refractivity contribution in [2.24, 2.45) is 0 Å². The minimum atomic E-state index is -0.192. The fourth-order valence-corrected chi connectivity index (χ4v) is 2.15. The summed E-state index contributed by atoms with van der Waals surface area (Å²) < 4.78 is 5.42. The van der Waals surface area contributed by atoms with E-state index in [2.05, 4.69) is 20.2 Å². The standard InChI is InChI=1S/C12H20N4O2/c1-3-13-11-10(18-2)12(15-8-14-11)16-6-4-9(17)5-7-16/h8-9,17H,3-7H2,1-2H3,(H,13,14,15). The average Bonchev–Trinajstić information content (AvgIpc) is 2.40. The van der Waals surface area contributed by atoms with Crippen LogP contribution in [0.3, 0.4) is 0 Å². The second-order valence-corrected chi connectivity index (χ2v) is 4.33. The van der Waals surface area contributed by atoms with Gasteiger partial charge in [0.1, 0.15) is 6.33 Å². The predicted molar refractivity (Wildman–Crippen MR) is 70.2 cm³/mol. The van der Waals surface area contributed by atoms with Crippen LogP contribution in [0, 0.1) is 0 Å². The van der Waals surface area contributed by atoms with Gasteiger partial charge in [0.15, 0.2) is 11.6 Å². The van der Waals surface area contributed by atoms with Gasteiger partial charge >= 0.3 is 0 Å². The minimum absolute atomic E-state index is 0.192. The molecule has 1 aliphatic heterocycles. The monoisotopic (exact) mass is 252 g/mol. The Bertz CT molecular complexity index is 392. The van der Waals surface area contributed by atoms with E-state index >= 15 is 0 Å². The third kappa shape index (κ3) is 2.64. The lowest BCUT2D eigenvalue weighted by Crippen LogP contribution is -2.36. The summed E-state index contributed by atoms with van der Waals surface area (Å²) in [5, 5.41) is 12.7. The maximum atomic E-state index is 9.54. The lowest BCUT2D eigenvalue weighted by Gasteiger charge is -2.31. The summed E-state index contributed by atoms with van der Waals surface area (Å²) in [5.41, 5.74) is 0. The summed E-state index contributed by atoms with van der Waals surface area (Å²) >= 11 is 0. The molecule has 1 aromatic heterocycles. The van der Waals surface area contributed by atoms with Gasteiger partial charge in [0, 0.05) is 19.6 Å². The van der Waals surface area contributed by atoms with Gasteiger partial charge in [0.05, 0.1) is 13.2 Å². The van der Waals surface area contributed by atoms with Crippen LogP contribution < -0.4 is 15.0 Å². The zero-order chi connectivity index (χ0) is 13.0. The molecule has 2 N–H and O–H groups in total. The second kappa shape index (κ2) is 5.86. The van der Waals surface area contributed by atoms with E-state index in [4.69, 9.17) is 4.74 Å². The fourth-order valence-electron chi connectivity index (χ4n) is 2.15. The maximum absolute atomic E-state index is 9.54. The van der Waals surface area contributed by atoms with Gasteiger partial charge in [-0.05, 0) is 19.8 Å². The highest BCUT2D eigenvalue weighted by Crippen LogP contribution is 2.33. The van der Waals surface area contributed by atoms with Crippen LogP contribution in [0.15, 0.2) is 6.33 Å². The van der Waals surface area contributed by atoms with E-state index in [9.17, 15) is 5.11 Å². The number of hydrogen-bond acceptors (Lipinski definition) is 6. The van der Waals surface area contributed by atoms with Crippen LogP contribution in [-0.4, -0.2) is 47.9 Å². The van der Waals surface area contributed by atoms with Crippen LogP contribution in [0.5, 0.6) is 5.75 Å². The molecule has 0 atom stereocenters. The lowest BCUT2D eigenvalue weighted by molar-refractivity contribution is 0.145. The van der Waals surface area contributed by atoms with Crippen LogP contribution in [0.25, 0.3) is 0 Å². The molecule has 1 aliphatic rings. The minimum Gasteiger partial charge on any atom is -0.490 e. The number of ether oxygens (including phenoxy) is 1. The molecule has 2 heterocycles. The normalized spacial score (nSPS) is 16.7. The molecule has 0 amide bonds. The fraction of sp³-hybridized carbons (Fsp3) is 0.667. The van der Waals surface area contributed by atoms with Crippen LogP contribution in [0.2, 0.25) is 0 Å². The van der Waals surface area contributed by atoms with Crippen LogP contribution in [0.4, 0.5) is 11.6 Å². The summed E-state index contributed by atoms with van der Waals surface area (Å²) in [5.74, 6) is 2.20. The van der Waals surface area contributed by atoms with Gasteiger partial charge in [-0.2, -0.15) is 0 Å². The molecule has 0 aliphatic carbocycles. The molecule has 0 saturated carbocycles. The quantitative estimate of drug-likeness (QED) is 0.829. The largest absolute Gasteiger partial charge is 0.490 e. The van der Waals surface area contributed by atoms with Gasteiger partial charge in [-0.1, -0.05) is 0 Å². The van der Waals surface area contributed by atoms with Gasteiger partial charge in [0.25, 0.3) is 0 Å². The number of piperidine rings is 1. The molecule has 0 spiro atoms. The van der Waals surface area contributed by atoms with Crippen LogP contribution >= 0.6 is 0 Å². The lowest BCUT2D eigenvalue weighted by atomic mass is 10.1. The summed E-state index contributed by atoms with van der Waals surface area (Å²) in [6.45, 7) is 4.38. The number of hydrogen-bond donors (Lipinski definition) is 2. The molecule has 1 aromatic rings. The Balaban J connectivity index is 2.23. The molecule has 100 valence electrons. The number of aromatic nitrogens is 2. The van der Waals surface area contributed by atoms with Crippen molar-refractivity contribution in [2.75, 3.05) is 37.0 Å². The van der Waals surface area contributed by atoms with E-state index in [0.29, 0.717) is 5.75 Å². The highest BCUT2D eigenvalue weighted by atomic mass is 16.5. The number of aliphatic hydroxyl groups is 1. The molecule has 1 saturated heterocycles. The Morgan fingerprint density at radius 2 is 2.17 bits per heavy atom. The highest BCUT2D eigenvalue weighted by Gasteiger charge is 2.22. The first-order valence-corrected chi connectivity index (χ1v) is 6.32. The van der Waals surface area contributed by atoms with E-state index in [0.717, 1.165) is 44.1 Å². The summed E-state index contributed by atoms with van der Waals surface area (Å²) in [4.78, 5) is 10.6. The zero-order valence-corrected chi connectivity index (χ0v) is 10.9. The number of nitrogens with one attached hydrogen (secondary N) is 1. The Labute approximate surface area is 107 Å². The Morgan fingerprint density at radius 1 is 1.44 bits per heavy atom. The van der Waals surface area contributed by atoms with E-state index in [1.165, 1.54) is 0 Å². The van der Waals surface area contributed by atoms with Crippen molar-refractivity contribution < 1.29 is 9.84 Å². The van der Waals surface area contributed by atoms with Gasteiger partial charge in [-0.15, -0.1) is 0 Å². The van der Waals surface area contributed by atoms with Gasteiger partial charge < -0.3 is 20.1 Å². The topological polar surface area (TPSA) is 70.5 Å². The van der Waals surface area contributed by atoms with Gasteiger partial charge in [-0.3, -0.25) is 0 Å². The van der Waals surface area contributed by atoms with Crippen molar-refractivity contribution in [3.63, 3.8) is 0 Å². The third-order valence-corrected chi connectivity index (χ3v) is 3.10. The SMILES string of the molecule is CCNc1ncnc(N2CCC(O)CC2)c1OC.